The molecule has 1 unspecified atom stereocenters. The molecule has 0 saturated carbocycles. The molecule has 0 spiro atoms. The molecule has 110 valence electrons. The Hall–Kier alpha value is -1.66. The molecule has 0 amide bonds. The standard InChI is InChI=1S/C14H21N3O3/c1-10(9-18-2)17-7-5-6-12(17)11-8-15-14(20-4)16-13(11)19-3/h5-6,8,10,12H,7,9H2,1-4H3/t10-,12?/m1/s1. The minimum absolute atomic E-state index is 0.0982. The van der Waals surface area contributed by atoms with Crippen molar-refractivity contribution in [3.05, 3.63) is 23.9 Å². The van der Waals surface area contributed by atoms with E-state index in [1.807, 2.05) is 0 Å². The van der Waals surface area contributed by atoms with Gasteiger partial charge < -0.3 is 14.2 Å². The van der Waals surface area contributed by atoms with Crippen LogP contribution in [0.5, 0.6) is 11.9 Å². The molecule has 1 aromatic heterocycles. The van der Waals surface area contributed by atoms with Gasteiger partial charge in [0.05, 0.1) is 32.4 Å². The summed E-state index contributed by atoms with van der Waals surface area (Å²) < 4.78 is 15.6. The maximum absolute atomic E-state index is 5.37. The van der Waals surface area contributed by atoms with Crippen LogP contribution in [0.3, 0.4) is 0 Å². The second-order valence-corrected chi connectivity index (χ2v) is 4.70. The normalized spacial score (nSPS) is 20.1. The first-order valence-electron chi connectivity index (χ1n) is 6.57. The van der Waals surface area contributed by atoms with Gasteiger partial charge in [-0.2, -0.15) is 4.98 Å². The number of hydrogen-bond acceptors (Lipinski definition) is 6. The zero-order valence-electron chi connectivity index (χ0n) is 12.4. The fourth-order valence-electron chi connectivity index (χ4n) is 2.43. The van der Waals surface area contributed by atoms with Crippen molar-refractivity contribution in [3.8, 4) is 11.9 Å². The first-order valence-corrected chi connectivity index (χ1v) is 6.57. The van der Waals surface area contributed by atoms with Crippen molar-refractivity contribution >= 4 is 0 Å². The van der Waals surface area contributed by atoms with Crippen molar-refractivity contribution in [2.24, 2.45) is 0 Å². The lowest BCUT2D eigenvalue weighted by Gasteiger charge is -2.30. The van der Waals surface area contributed by atoms with Crippen molar-refractivity contribution in [1.29, 1.82) is 0 Å². The van der Waals surface area contributed by atoms with Gasteiger partial charge in [0.15, 0.2) is 0 Å². The first-order chi connectivity index (χ1) is 9.71. The van der Waals surface area contributed by atoms with E-state index in [-0.39, 0.29) is 6.04 Å². The predicted octanol–water partition coefficient (Wildman–Crippen LogP) is 1.44. The molecule has 2 atom stereocenters. The van der Waals surface area contributed by atoms with Crippen LogP contribution in [0.4, 0.5) is 0 Å². The zero-order valence-corrected chi connectivity index (χ0v) is 12.4. The van der Waals surface area contributed by atoms with Gasteiger partial charge in [-0.1, -0.05) is 12.2 Å². The van der Waals surface area contributed by atoms with Gasteiger partial charge in [-0.05, 0) is 6.92 Å². The molecule has 0 N–H and O–H groups in total. The van der Waals surface area contributed by atoms with Crippen molar-refractivity contribution in [2.45, 2.75) is 19.0 Å². The highest BCUT2D eigenvalue weighted by atomic mass is 16.5. The molecule has 1 aliphatic rings. The molecular weight excluding hydrogens is 258 g/mol. The average molecular weight is 279 g/mol. The Morgan fingerprint density at radius 3 is 2.80 bits per heavy atom. The van der Waals surface area contributed by atoms with Gasteiger partial charge in [-0.3, -0.25) is 4.90 Å². The van der Waals surface area contributed by atoms with Crippen molar-refractivity contribution < 1.29 is 14.2 Å². The van der Waals surface area contributed by atoms with E-state index in [1.54, 1.807) is 20.4 Å². The highest BCUT2D eigenvalue weighted by Crippen LogP contribution is 2.33. The largest absolute Gasteiger partial charge is 0.481 e. The van der Waals surface area contributed by atoms with Crippen LogP contribution >= 0.6 is 0 Å². The summed E-state index contributed by atoms with van der Waals surface area (Å²) in [5.41, 5.74) is 0.935. The number of aromatic nitrogens is 2. The van der Waals surface area contributed by atoms with Crippen molar-refractivity contribution in [3.63, 3.8) is 0 Å². The third kappa shape index (κ3) is 2.91. The van der Waals surface area contributed by atoms with Crippen molar-refractivity contribution in [1.82, 2.24) is 14.9 Å². The number of ether oxygens (including phenoxy) is 3. The Labute approximate surface area is 119 Å². The monoisotopic (exact) mass is 279 g/mol. The second-order valence-electron chi connectivity index (χ2n) is 4.70. The molecule has 0 saturated heterocycles. The summed E-state index contributed by atoms with van der Waals surface area (Å²) in [6.07, 6.45) is 6.04. The van der Waals surface area contributed by atoms with Gasteiger partial charge >= 0.3 is 6.01 Å². The molecule has 0 radical (unpaired) electrons. The van der Waals surface area contributed by atoms with E-state index in [0.717, 1.165) is 12.1 Å². The zero-order chi connectivity index (χ0) is 14.5. The summed E-state index contributed by atoms with van der Waals surface area (Å²) in [6, 6.07) is 0.705. The molecule has 6 nitrogen and oxygen atoms in total. The quantitative estimate of drug-likeness (QED) is 0.734. The van der Waals surface area contributed by atoms with Gasteiger partial charge in [0.1, 0.15) is 0 Å². The van der Waals surface area contributed by atoms with Crippen LogP contribution in [0.15, 0.2) is 18.3 Å². The summed E-state index contributed by atoms with van der Waals surface area (Å²) >= 11 is 0. The molecule has 0 bridgehead atoms. The maximum Gasteiger partial charge on any atom is 0.319 e. The first kappa shape index (κ1) is 14.7. The van der Waals surface area contributed by atoms with Crippen molar-refractivity contribution in [2.75, 3.05) is 34.5 Å². The molecule has 6 heteroatoms. The number of methoxy groups -OCH3 is 3. The van der Waals surface area contributed by atoms with Gasteiger partial charge in [0.2, 0.25) is 5.88 Å². The Morgan fingerprint density at radius 2 is 2.15 bits per heavy atom. The van der Waals surface area contributed by atoms with E-state index >= 15 is 0 Å². The van der Waals surface area contributed by atoms with Crippen LogP contribution in [-0.2, 0) is 4.74 Å². The van der Waals surface area contributed by atoms with E-state index in [9.17, 15) is 0 Å². The fourth-order valence-corrected chi connectivity index (χ4v) is 2.43. The van der Waals surface area contributed by atoms with E-state index in [2.05, 4.69) is 33.9 Å². The lowest BCUT2D eigenvalue weighted by atomic mass is 10.1. The van der Waals surface area contributed by atoms with Crippen LogP contribution in [0.1, 0.15) is 18.5 Å². The molecule has 1 aromatic rings. The molecular formula is C14H21N3O3. The van der Waals surface area contributed by atoms with Crippen LogP contribution < -0.4 is 9.47 Å². The number of hydrogen-bond donors (Lipinski definition) is 0. The Morgan fingerprint density at radius 1 is 1.35 bits per heavy atom. The van der Waals surface area contributed by atoms with E-state index in [0.29, 0.717) is 24.5 Å². The topological polar surface area (TPSA) is 56.7 Å². The maximum atomic E-state index is 5.37. The third-order valence-corrected chi connectivity index (χ3v) is 3.42. The third-order valence-electron chi connectivity index (χ3n) is 3.42. The molecule has 2 rings (SSSR count). The summed E-state index contributed by atoms with van der Waals surface area (Å²) in [6.45, 7) is 3.70. The van der Waals surface area contributed by atoms with Gasteiger partial charge in [0.25, 0.3) is 0 Å². The minimum Gasteiger partial charge on any atom is -0.481 e. The summed E-state index contributed by atoms with van der Waals surface area (Å²) in [5, 5.41) is 0. The Balaban J connectivity index is 2.27. The van der Waals surface area contributed by atoms with E-state index in [4.69, 9.17) is 14.2 Å². The van der Waals surface area contributed by atoms with E-state index < -0.39 is 0 Å². The summed E-state index contributed by atoms with van der Waals surface area (Å²) in [4.78, 5) is 10.7. The predicted molar refractivity (Wildman–Crippen MR) is 75.1 cm³/mol. The molecule has 20 heavy (non-hydrogen) atoms. The molecule has 0 fully saturated rings. The van der Waals surface area contributed by atoms with Crippen LogP contribution in [-0.4, -0.2) is 55.4 Å². The number of rotatable bonds is 6. The van der Waals surface area contributed by atoms with Gasteiger partial charge in [-0.15, -0.1) is 0 Å². The van der Waals surface area contributed by atoms with Gasteiger partial charge in [0, 0.05) is 25.9 Å². The Kier molecular flexibility index (Phi) is 4.92. The van der Waals surface area contributed by atoms with Crippen LogP contribution in [0.25, 0.3) is 0 Å². The lowest BCUT2D eigenvalue weighted by Crippen LogP contribution is -2.36. The SMILES string of the molecule is COC[C@@H](C)N1CC=CC1c1cnc(OC)nc1OC. The summed E-state index contributed by atoms with van der Waals surface area (Å²) in [5.74, 6) is 0.544. The highest BCUT2D eigenvalue weighted by molar-refractivity contribution is 5.33. The highest BCUT2D eigenvalue weighted by Gasteiger charge is 2.29. The second kappa shape index (κ2) is 6.67. The Bertz CT molecular complexity index is 479. The molecule has 0 aliphatic carbocycles. The van der Waals surface area contributed by atoms with E-state index in [1.165, 1.54) is 7.11 Å². The van der Waals surface area contributed by atoms with Crippen LogP contribution in [0.2, 0.25) is 0 Å². The lowest BCUT2D eigenvalue weighted by molar-refractivity contribution is 0.0958. The fraction of sp³-hybridized carbons (Fsp3) is 0.571. The van der Waals surface area contributed by atoms with Crippen LogP contribution in [0, 0.1) is 0 Å². The average Bonchev–Trinajstić information content (AvgIpc) is 2.96. The van der Waals surface area contributed by atoms with Gasteiger partial charge in [-0.25, -0.2) is 4.98 Å². The minimum atomic E-state index is 0.0982. The number of nitrogens with zero attached hydrogens (tertiary/aromatic N) is 3. The summed E-state index contributed by atoms with van der Waals surface area (Å²) in [7, 11) is 4.86. The molecule has 0 aromatic carbocycles. The molecule has 2 heterocycles. The smallest absolute Gasteiger partial charge is 0.319 e. The molecule has 1 aliphatic heterocycles.